The standard InChI is InChI=1S/C21H15BrCl2F2N6O/c22-12-9-31(8-10-1-4-13(23)14(24)5-10)30-20(12)28-21(33)16-7-18-27-15(11-2-3-11)6-17(19(25)26)32(18)29-16/h1,4-7,9,11,19H,2-3,8H2,(H,28,30,33). The molecule has 1 N–H and O–H groups in total. The van der Waals surface area contributed by atoms with Gasteiger partial charge in [-0.15, -0.1) is 0 Å². The first-order valence-corrected chi connectivity index (χ1v) is 11.5. The predicted molar refractivity (Wildman–Crippen MR) is 123 cm³/mol. The lowest BCUT2D eigenvalue weighted by Crippen LogP contribution is -2.14. The van der Waals surface area contributed by atoms with Gasteiger partial charge in [0.25, 0.3) is 12.3 Å². The molecule has 0 radical (unpaired) electrons. The van der Waals surface area contributed by atoms with Crippen LogP contribution in [0.25, 0.3) is 5.65 Å². The van der Waals surface area contributed by atoms with Crippen molar-refractivity contribution in [3.05, 3.63) is 73.7 Å². The fraction of sp³-hybridized carbons (Fsp3) is 0.238. The lowest BCUT2D eigenvalue weighted by Gasteiger charge is -2.06. The van der Waals surface area contributed by atoms with Crippen molar-refractivity contribution in [2.24, 2.45) is 0 Å². The number of nitrogens with one attached hydrogen (secondary N) is 1. The molecule has 1 aliphatic carbocycles. The van der Waals surface area contributed by atoms with Crippen LogP contribution in [0.1, 0.15) is 52.6 Å². The zero-order valence-electron chi connectivity index (χ0n) is 16.8. The van der Waals surface area contributed by atoms with Gasteiger partial charge in [-0.05, 0) is 52.5 Å². The molecule has 0 atom stereocenters. The number of alkyl halides is 2. The Morgan fingerprint density at radius 1 is 1.18 bits per heavy atom. The van der Waals surface area contributed by atoms with Gasteiger partial charge in [0, 0.05) is 23.9 Å². The summed E-state index contributed by atoms with van der Waals surface area (Å²) >= 11 is 15.4. The second kappa shape index (κ2) is 8.66. The number of hydrogen-bond acceptors (Lipinski definition) is 4. The molecule has 0 saturated heterocycles. The van der Waals surface area contributed by atoms with E-state index in [1.165, 1.54) is 12.1 Å². The first kappa shape index (κ1) is 22.2. The number of halogens is 5. The van der Waals surface area contributed by atoms with E-state index in [0.717, 1.165) is 22.9 Å². The molecule has 1 amide bonds. The highest BCUT2D eigenvalue weighted by molar-refractivity contribution is 9.10. The van der Waals surface area contributed by atoms with Crippen LogP contribution in [-0.2, 0) is 6.54 Å². The topological polar surface area (TPSA) is 77.1 Å². The Kier molecular flexibility index (Phi) is 5.84. The van der Waals surface area contributed by atoms with Crippen molar-refractivity contribution in [3.8, 4) is 0 Å². The molecule has 1 aromatic carbocycles. The number of amides is 1. The summed E-state index contributed by atoms with van der Waals surface area (Å²) in [4.78, 5) is 17.2. The summed E-state index contributed by atoms with van der Waals surface area (Å²) in [6, 6.07) is 8.01. The first-order valence-electron chi connectivity index (χ1n) is 9.95. The third-order valence-corrected chi connectivity index (χ3v) is 6.52. The molecule has 1 saturated carbocycles. The van der Waals surface area contributed by atoms with Crippen LogP contribution in [0, 0.1) is 0 Å². The van der Waals surface area contributed by atoms with Crippen LogP contribution in [0.15, 0.2) is 41.0 Å². The van der Waals surface area contributed by atoms with Crippen molar-refractivity contribution in [3.63, 3.8) is 0 Å². The number of anilines is 1. The number of nitrogens with zero attached hydrogens (tertiary/aromatic N) is 5. The minimum absolute atomic E-state index is 0.0386. The van der Waals surface area contributed by atoms with Crippen molar-refractivity contribution < 1.29 is 13.6 Å². The second-order valence-electron chi connectivity index (χ2n) is 7.71. The Morgan fingerprint density at radius 2 is 1.97 bits per heavy atom. The van der Waals surface area contributed by atoms with E-state index in [9.17, 15) is 13.6 Å². The maximum Gasteiger partial charge on any atom is 0.280 e. The van der Waals surface area contributed by atoms with Gasteiger partial charge < -0.3 is 5.32 Å². The smallest absolute Gasteiger partial charge is 0.280 e. The van der Waals surface area contributed by atoms with E-state index in [2.05, 4.69) is 36.4 Å². The van der Waals surface area contributed by atoms with Crippen molar-refractivity contribution in [2.75, 3.05) is 5.32 Å². The Labute approximate surface area is 204 Å². The largest absolute Gasteiger partial charge is 0.303 e. The summed E-state index contributed by atoms with van der Waals surface area (Å²) in [5.74, 6) is -0.137. The van der Waals surface area contributed by atoms with E-state index in [-0.39, 0.29) is 28.8 Å². The van der Waals surface area contributed by atoms with Gasteiger partial charge in [-0.25, -0.2) is 18.3 Å². The second-order valence-corrected chi connectivity index (χ2v) is 9.37. The average molecular weight is 556 g/mol. The average Bonchev–Trinajstić information content (AvgIpc) is 3.44. The maximum absolute atomic E-state index is 13.6. The summed E-state index contributed by atoms with van der Waals surface area (Å²) in [5.41, 5.74) is 1.36. The maximum atomic E-state index is 13.6. The van der Waals surface area contributed by atoms with Gasteiger partial charge in [0.15, 0.2) is 17.2 Å². The molecule has 0 bridgehead atoms. The Morgan fingerprint density at radius 3 is 2.67 bits per heavy atom. The molecule has 7 nitrogen and oxygen atoms in total. The SMILES string of the molecule is O=C(Nc1nn(Cc2ccc(Cl)c(Cl)c2)cc1Br)c1cc2nc(C3CC3)cc(C(F)F)n2n1. The van der Waals surface area contributed by atoms with Gasteiger partial charge in [0.1, 0.15) is 5.69 Å². The minimum Gasteiger partial charge on any atom is -0.303 e. The van der Waals surface area contributed by atoms with Crippen molar-refractivity contribution in [2.45, 2.75) is 31.7 Å². The van der Waals surface area contributed by atoms with Crippen molar-refractivity contribution >= 4 is 56.5 Å². The van der Waals surface area contributed by atoms with E-state index in [4.69, 9.17) is 23.2 Å². The van der Waals surface area contributed by atoms with Crippen LogP contribution in [-0.4, -0.2) is 30.3 Å². The number of benzene rings is 1. The van der Waals surface area contributed by atoms with Crippen LogP contribution < -0.4 is 5.32 Å². The van der Waals surface area contributed by atoms with Crippen LogP contribution in [0.5, 0.6) is 0 Å². The third-order valence-electron chi connectivity index (χ3n) is 5.20. The summed E-state index contributed by atoms with van der Waals surface area (Å²) in [5, 5.41) is 12.0. The molecule has 3 aromatic heterocycles. The molecule has 3 heterocycles. The monoisotopic (exact) mass is 554 g/mol. The van der Waals surface area contributed by atoms with Crippen molar-refractivity contribution in [1.29, 1.82) is 0 Å². The molecule has 12 heteroatoms. The van der Waals surface area contributed by atoms with E-state index < -0.39 is 12.3 Å². The van der Waals surface area contributed by atoms with Crippen LogP contribution in [0.2, 0.25) is 10.0 Å². The molecule has 0 unspecified atom stereocenters. The predicted octanol–water partition coefficient (Wildman–Crippen LogP) is 6.11. The Bertz CT molecular complexity index is 1380. The lowest BCUT2D eigenvalue weighted by molar-refractivity contribution is 0.102. The fourth-order valence-electron chi connectivity index (χ4n) is 3.43. The van der Waals surface area contributed by atoms with Crippen LogP contribution >= 0.6 is 39.1 Å². The van der Waals surface area contributed by atoms with Gasteiger partial charge in [-0.3, -0.25) is 9.48 Å². The molecule has 0 aliphatic heterocycles. The number of rotatable bonds is 6. The van der Waals surface area contributed by atoms with E-state index >= 15 is 0 Å². The van der Waals surface area contributed by atoms with Gasteiger partial charge in [-0.1, -0.05) is 29.3 Å². The number of carbonyl (C=O) groups is 1. The number of hydrogen-bond donors (Lipinski definition) is 1. The highest BCUT2D eigenvalue weighted by Crippen LogP contribution is 2.40. The molecule has 0 spiro atoms. The molecule has 1 aliphatic rings. The molecular weight excluding hydrogens is 541 g/mol. The van der Waals surface area contributed by atoms with Crippen molar-refractivity contribution in [1.82, 2.24) is 24.4 Å². The Balaban J connectivity index is 1.38. The highest BCUT2D eigenvalue weighted by atomic mass is 79.9. The molecular formula is C21H15BrCl2F2N6O. The Hall–Kier alpha value is -2.56. The van der Waals surface area contributed by atoms with E-state index in [1.54, 1.807) is 23.0 Å². The summed E-state index contributed by atoms with van der Waals surface area (Å²) in [6.45, 7) is 0.394. The number of carbonyl (C=O) groups excluding carboxylic acids is 1. The summed E-state index contributed by atoms with van der Waals surface area (Å²) in [7, 11) is 0. The number of fused-ring (bicyclic) bond motifs is 1. The fourth-order valence-corrected chi connectivity index (χ4v) is 4.17. The molecule has 4 aromatic rings. The third kappa shape index (κ3) is 4.60. The molecule has 1 fully saturated rings. The van der Waals surface area contributed by atoms with Crippen LogP contribution in [0.3, 0.4) is 0 Å². The zero-order chi connectivity index (χ0) is 23.3. The normalized spacial score (nSPS) is 13.8. The summed E-state index contributed by atoms with van der Waals surface area (Å²) in [6.07, 6.45) is 0.800. The van der Waals surface area contributed by atoms with Crippen LogP contribution in [0.4, 0.5) is 14.6 Å². The first-order chi connectivity index (χ1) is 15.8. The van der Waals surface area contributed by atoms with Gasteiger partial charge in [0.05, 0.1) is 21.1 Å². The lowest BCUT2D eigenvalue weighted by atomic mass is 10.2. The zero-order valence-corrected chi connectivity index (χ0v) is 19.9. The molecule has 170 valence electrons. The van der Waals surface area contributed by atoms with E-state index in [0.29, 0.717) is 26.8 Å². The van der Waals surface area contributed by atoms with E-state index in [1.807, 2.05) is 6.07 Å². The van der Waals surface area contributed by atoms with Gasteiger partial charge >= 0.3 is 0 Å². The minimum atomic E-state index is -2.74. The molecule has 33 heavy (non-hydrogen) atoms. The van der Waals surface area contributed by atoms with Gasteiger partial charge in [-0.2, -0.15) is 10.2 Å². The number of aromatic nitrogens is 5. The highest BCUT2D eigenvalue weighted by Gasteiger charge is 2.28. The summed E-state index contributed by atoms with van der Waals surface area (Å²) < 4.78 is 30.3. The quantitative estimate of drug-likeness (QED) is 0.311. The van der Waals surface area contributed by atoms with Gasteiger partial charge in [0.2, 0.25) is 0 Å². The molecule has 5 rings (SSSR count).